The molecule has 3 saturated heterocycles. The average Bonchev–Trinajstić information content (AvgIpc) is 3.63. The summed E-state index contributed by atoms with van der Waals surface area (Å²) in [5.74, 6) is -1.86. The SMILES string of the molecule is CC(=O)N1CC[C@H]2CC[C@@H](C(=O)N(C)C3CCN(S(C)(=O)=O)CC3)N2C(=O)[C@@H](NC(=O)c2cc3cc(C(F)(F)P(=O)(O)O)ccc3s2)C1. The van der Waals surface area contributed by atoms with Crippen molar-refractivity contribution < 1.29 is 50.7 Å². The second-order valence-electron chi connectivity index (χ2n) is 12.6. The van der Waals surface area contributed by atoms with Crippen LogP contribution >= 0.6 is 18.9 Å². The van der Waals surface area contributed by atoms with Gasteiger partial charge < -0.3 is 29.8 Å². The van der Waals surface area contributed by atoms with Gasteiger partial charge in [0.1, 0.15) is 12.1 Å². The first-order chi connectivity index (χ1) is 22.3. The van der Waals surface area contributed by atoms with Gasteiger partial charge in [0.2, 0.25) is 27.7 Å². The molecule has 0 spiro atoms. The van der Waals surface area contributed by atoms with Crippen LogP contribution in [0, 0.1) is 0 Å². The minimum Gasteiger partial charge on any atom is -0.341 e. The number of rotatable bonds is 7. The molecule has 48 heavy (non-hydrogen) atoms. The highest BCUT2D eigenvalue weighted by atomic mass is 32.2. The van der Waals surface area contributed by atoms with Crippen LogP contribution in [0.2, 0.25) is 0 Å². The second kappa shape index (κ2) is 13.4. The van der Waals surface area contributed by atoms with E-state index in [2.05, 4.69) is 5.32 Å². The van der Waals surface area contributed by atoms with E-state index in [1.54, 1.807) is 11.9 Å². The fourth-order valence-electron chi connectivity index (χ4n) is 6.73. The minimum atomic E-state index is -5.81. The third-order valence-corrected chi connectivity index (χ3v) is 12.9. The summed E-state index contributed by atoms with van der Waals surface area (Å²) < 4.78 is 65.7. The Balaban J connectivity index is 1.36. The molecule has 2 aromatic rings. The van der Waals surface area contributed by atoms with E-state index in [0.717, 1.165) is 29.7 Å². The minimum absolute atomic E-state index is 0.0386. The van der Waals surface area contributed by atoms with Crippen LogP contribution in [0.15, 0.2) is 24.3 Å². The molecule has 0 unspecified atom stereocenters. The molecule has 3 fully saturated rings. The Labute approximate surface area is 280 Å². The van der Waals surface area contributed by atoms with Crippen molar-refractivity contribution in [2.45, 2.75) is 68.9 Å². The van der Waals surface area contributed by atoms with Gasteiger partial charge in [-0.2, -0.15) is 8.78 Å². The highest BCUT2D eigenvalue weighted by molar-refractivity contribution is 7.88. The molecular formula is C29H38F2N5O9PS2. The number of sulfonamides is 1. The molecule has 3 atom stereocenters. The number of carbonyl (C=O) groups is 4. The van der Waals surface area contributed by atoms with Gasteiger partial charge >= 0.3 is 13.3 Å². The molecule has 3 aliphatic heterocycles. The van der Waals surface area contributed by atoms with Gasteiger partial charge in [0.15, 0.2) is 0 Å². The number of piperidine rings is 1. The highest BCUT2D eigenvalue weighted by Crippen LogP contribution is 2.59. The molecule has 4 amide bonds. The molecule has 4 heterocycles. The van der Waals surface area contributed by atoms with Gasteiger partial charge in [-0.25, -0.2) is 12.7 Å². The fraction of sp³-hybridized carbons (Fsp3) is 0.586. The van der Waals surface area contributed by atoms with E-state index >= 15 is 0 Å². The van der Waals surface area contributed by atoms with Crippen LogP contribution in [0.4, 0.5) is 8.78 Å². The Kier molecular flexibility index (Phi) is 10.1. The van der Waals surface area contributed by atoms with E-state index in [4.69, 9.17) is 9.79 Å². The molecule has 5 rings (SSSR count). The summed E-state index contributed by atoms with van der Waals surface area (Å²) in [6, 6.07) is 1.62. The third-order valence-electron chi connectivity index (χ3n) is 9.47. The Morgan fingerprint density at radius 1 is 1.06 bits per heavy atom. The van der Waals surface area contributed by atoms with Crippen LogP contribution in [0.3, 0.4) is 0 Å². The summed E-state index contributed by atoms with van der Waals surface area (Å²) in [4.78, 5) is 76.8. The van der Waals surface area contributed by atoms with Gasteiger partial charge in [-0.15, -0.1) is 11.3 Å². The first kappa shape index (κ1) is 36.3. The Hall–Kier alpha value is -3.02. The number of thiophene rings is 1. The van der Waals surface area contributed by atoms with Crippen LogP contribution in [0.5, 0.6) is 0 Å². The van der Waals surface area contributed by atoms with Gasteiger partial charge in [-0.1, -0.05) is 6.07 Å². The largest absolute Gasteiger partial charge is 0.399 e. The molecular weight excluding hydrogens is 695 g/mol. The summed E-state index contributed by atoms with van der Waals surface area (Å²) in [6.07, 6.45) is 3.35. The normalized spacial score (nSPS) is 23.5. The van der Waals surface area contributed by atoms with Crippen molar-refractivity contribution in [3.8, 4) is 0 Å². The number of fused-ring (bicyclic) bond motifs is 2. The molecule has 3 aliphatic rings. The van der Waals surface area contributed by atoms with Gasteiger partial charge in [0.25, 0.3) is 5.91 Å². The zero-order chi connectivity index (χ0) is 35.3. The van der Waals surface area contributed by atoms with Gasteiger partial charge in [0.05, 0.1) is 11.1 Å². The topological polar surface area (TPSA) is 185 Å². The van der Waals surface area contributed by atoms with Crippen LogP contribution in [-0.2, 0) is 34.6 Å². The number of alkyl halides is 2. The second-order valence-corrected chi connectivity index (χ2v) is 17.3. The lowest BCUT2D eigenvalue weighted by Crippen LogP contribution is -2.61. The van der Waals surface area contributed by atoms with Gasteiger partial charge in [0, 0.05) is 62.5 Å². The van der Waals surface area contributed by atoms with E-state index < -0.39 is 52.7 Å². The van der Waals surface area contributed by atoms with Crippen LogP contribution in [0.25, 0.3) is 10.1 Å². The predicted octanol–water partition coefficient (Wildman–Crippen LogP) is 1.72. The van der Waals surface area contributed by atoms with Crippen molar-refractivity contribution in [3.05, 3.63) is 34.7 Å². The molecule has 264 valence electrons. The summed E-state index contributed by atoms with van der Waals surface area (Å²) in [5.41, 5.74) is -5.35. The number of nitrogens with zero attached hydrogens (tertiary/aromatic N) is 4. The summed E-state index contributed by atoms with van der Waals surface area (Å²) >= 11 is 0.926. The van der Waals surface area contributed by atoms with E-state index in [0.29, 0.717) is 36.8 Å². The number of hydrogen-bond donors (Lipinski definition) is 3. The van der Waals surface area contributed by atoms with E-state index in [1.807, 2.05) is 0 Å². The number of likely N-dealkylation sites (N-methyl/N-ethyl adjacent to an activating group) is 1. The number of hydrogen-bond acceptors (Lipinski definition) is 8. The van der Waals surface area contributed by atoms with Crippen molar-refractivity contribution in [1.29, 1.82) is 0 Å². The maximum Gasteiger partial charge on any atom is 0.399 e. The zero-order valence-electron chi connectivity index (χ0n) is 26.5. The summed E-state index contributed by atoms with van der Waals surface area (Å²) in [5, 5.41) is 2.82. The Morgan fingerprint density at radius 2 is 1.73 bits per heavy atom. The predicted molar refractivity (Wildman–Crippen MR) is 172 cm³/mol. The zero-order valence-corrected chi connectivity index (χ0v) is 29.1. The number of carbonyl (C=O) groups excluding carboxylic acids is 4. The third kappa shape index (κ3) is 7.14. The number of benzene rings is 1. The van der Waals surface area contributed by atoms with Crippen molar-refractivity contribution in [3.63, 3.8) is 0 Å². The van der Waals surface area contributed by atoms with Crippen LogP contribution < -0.4 is 5.32 Å². The quantitative estimate of drug-likeness (QED) is 0.357. The average molecular weight is 734 g/mol. The first-order valence-electron chi connectivity index (χ1n) is 15.4. The lowest BCUT2D eigenvalue weighted by molar-refractivity contribution is -0.149. The Morgan fingerprint density at radius 3 is 2.33 bits per heavy atom. The lowest BCUT2D eigenvalue weighted by Gasteiger charge is -2.41. The monoisotopic (exact) mass is 733 g/mol. The molecule has 0 radical (unpaired) electrons. The lowest BCUT2D eigenvalue weighted by atomic mass is 10.0. The summed E-state index contributed by atoms with van der Waals surface area (Å²) in [7, 11) is -7.52. The molecule has 1 aromatic heterocycles. The standard InChI is InChI=1S/C29H38F2N5O9PS2/c1-17(37)34-11-8-21-5-6-23(28(40)33(2)20-9-12-35(13-10-20)48(3,44)45)36(21)27(39)22(16-34)32-26(38)25-15-18-14-19(4-7-24(18)47-25)29(30,31)46(41,42)43/h4,7,14-15,20-23H,5-6,8-13,16H2,1-3H3,(H,32,38)(H2,41,42,43)/t21-,22+,23+/m1/s1. The first-order valence-corrected chi connectivity index (χ1v) is 19.6. The number of nitrogens with one attached hydrogen (secondary N) is 1. The molecule has 0 bridgehead atoms. The summed E-state index contributed by atoms with van der Waals surface area (Å²) in [6.45, 7) is 2.03. The van der Waals surface area contributed by atoms with Crippen LogP contribution in [0.1, 0.15) is 54.3 Å². The van der Waals surface area contributed by atoms with E-state index in [1.165, 1.54) is 33.2 Å². The Bertz CT molecular complexity index is 1780. The van der Waals surface area contributed by atoms with Crippen molar-refractivity contribution in [1.82, 2.24) is 24.3 Å². The smallest absolute Gasteiger partial charge is 0.341 e. The number of halogens is 2. The molecule has 0 aliphatic carbocycles. The number of amides is 4. The van der Waals surface area contributed by atoms with Crippen molar-refractivity contribution in [2.75, 3.05) is 39.5 Å². The fourth-order valence-corrected chi connectivity index (χ4v) is 9.02. The molecule has 0 saturated carbocycles. The molecule has 3 N–H and O–H groups in total. The molecule has 14 nitrogen and oxygen atoms in total. The maximum absolute atomic E-state index is 14.3. The van der Waals surface area contributed by atoms with Gasteiger partial charge in [-0.05, 0) is 55.7 Å². The highest BCUT2D eigenvalue weighted by Gasteiger charge is 2.50. The van der Waals surface area contributed by atoms with Gasteiger partial charge in [-0.3, -0.25) is 23.7 Å². The van der Waals surface area contributed by atoms with Crippen molar-refractivity contribution in [2.24, 2.45) is 0 Å². The maximum atomic E-state index is 14.3. The van der Waals surface area contributed by atoms with Crippen molar-refractivity contribution >= 4 is 62.7 Å². The molecule has 19 heteroatoms. The van der Waals surface area contributed by atoms with E-state index in [9.17, 15) is 40.9 Å². The molecule has 1 aromatic carbocycles. The van der Waals surface area contributed by atoms with E-state index in [-0.39, 0.29) is 60.3 Å². The van der Waals surface area contributed by atoms with Crippen LogP contribution in [-0.4, -0.2) is 124 Å².